The maximum atomic E-state index is 12.5. The summed E-state index contributed by atoms with van der Waals surface area (Å²) < 4.78 is 39.1. The molecule has 0 spiro atoms. The van der Waals surface area contributed by atoms with Gasteiger partial charge in [0.2, 0.25) is 0 Å². The number of carbonyl (C=O) groups is 1. The summed E-state index contributed by atoms with van der Waals surface area (Å²) in [5.74, 6) is -1.11. The maximum Gasteiger partial charge on any atom is 0.416 e. The lowest BCUT2D eigenvalue weighted by Gasteiger charge is -2.12. The van der Waals surface area contributed by atoms with Gasteiger partial charge in [0, 0.05) is 11.9 Å². The number of carboxylic acids is 1. The molecule has 3 nitrogen and oxygen atoms in total. The highest BCUT2D eigenvalue weighted by Gasteiger charge is 2.31. The topological polar surface area (TPSA) is 42.2 Å². The fourth-order valence-electron chi connectivity index (χ4n) is 1.88. The summed E-state index contributed by atoms with van der Waals surface area (Å²) in [5, 5.41) is 8.85. The van der Waals surface area contributed by atoms with Crippen molar-refractivity contribution in [1.29, 1.82) is 0 Å². The molecule has 0 fully saturated rings. The number of aromatic carboxylic acids is 1. The van der Waals surface area contributed by atoms with E-state index in [1.807, 2.05) is 0 Å². The van der Waals surface area contributed by atoms with E-state index in [9.17, 15) is 18.0 Å². The molecular weight excluding hydrogens is 295 g/mol. The third kappa shape index (κ3) is 2.51. The summed E-state index contributed by atoms with van der Waals surface area (Å²) in [6.45, 7) is 1.55. The van der Waals surface area contributed by atoms with Crippen LogP contribution in [0, 0.1) is 6.92 Å². The Morgan fingerprint density at radius 3 is 2.40 bits per heavy atom. The number of aromatic nitrogens is 1. The average Bonchev–Trinajstić information content (AvgIpc) is 2.70. The van der Waals surface area contributed by atoms with Crippen LogP contribution in [-0.2, 0) is 6.18 Å². The number of nitrogens with zero attached hydrogens (tertiary/aromatic N) is 1. The largest absolute Gasteiger partial charge is 0.478 e. The van der Waals surface area contributed by atoms with Crippen LogP contribution in [0.15, 0.2) is 30.5 Å². The van der Waals surface area contributed by atoms with Crippen LogP contribution in [0.5, 0.6) is 0 Å². The van der Waals surface area contributed by atoms with Gasteiger partial charge in [0.25, 0.3) is 0 Å². The van der Waals surface area contributed by atoms with Gasteiger partial charge in [0.05, 0.1) is 21.8 Å². The standard InChI is InChI=1S/C13H9ClF3NO2/c1-7-9(12(19)20)4-5-18(7)11-3-2-8(6-10(11)14)13(15,16)17/h2-6H,1H3,(H,19,20). The van der Waals surface area contributed by atoms with E-state index < -0.39 is 17.7 Å². The second-order valence-corrected chi connectivity index (χ2v) is 4.56. The zero-order valence-corrected chi connectivity index (χ0v) is 11.0. The SMILES string of the molecule is Cc1c(C(=O)O)ccn1-c1ccc(C(F)(F)F)cc1Cl. The molecule has 20 heavy (non-hydrogen) atoms. The van der Waals surface area contributed by atoms with E-state index in [1.54, 1.807) is 6.92 Å². The van der Waals surface area contributed by atoms with E-state index in [-0.39, 0.29) is 10.6 Å². The van der Waals surface area contributed by atoms with Crippen LogP contribution in [-0.4, -0.2) is 15.6 Å². The molecule has 0 saturated heterocycles. The number of carboxylic acid groups (broad SMARTS) is 1. The Bertz CT molecular complexity index is 677. The highest BCUT2D eigenvalue weighted by Crippen LogP contribution is 2.33. The number of hydrogen-bond acceptors (Lipinski definition) is 1. The van der Waals surface area contributed by atoms with Crippen LogP contribution in [0.2, 0.25) is 5.02 Å². The summed E-state index contributed by atoms with van der Waals surface area (Å²) in [6.07, 6.45) is -3.02. The van der Waals surface area contributed by atoms with Crippen LogP contribution in [0.1, 0.15) is 21.6 Å². The van der Waals surface area contributed by atoms with Gasteiger partial charge in [0.15, 0.2) is 0 Å². The minimum Gasteiger partial charge on any atom is -0.478 e. The van der Waals surface area contributed by atoms with Gasteiger partial charge in [-0.15, -0.1) is 0 Å². The first-order chi connectivity index (χ1) is 9.21. The summed E-state index contributed by atoms with van der Waals surface area (Å²) in [4.78, 5) is 10.9. The molecule has 0 aliphatic carbocycles. The molecule has 0 aliphatic rings. The molecular formula is C13H9ClF3NO2. The lowest BCUT2D eigenvalue weighted by atomic mass is 10.2. The first-order valence-electron chi connectivity index (χ1n) is 5.50. The minimum absolute atomic E-state index is 0.0703. The van der Waals surface area contributed by atoms with E-state index in [4.69, 9.17) is 16.7 Å². The van der Waals surface area contributed by atoms with Gasteiger partial charge in [-0.05, 0) is 31.2 Å². The van der Waals surface area contributed by atoms with Gasteiger partial charge < -0.3 is 9.67 Å². The molecule has 0 saturated carbocycles. The second kappa shape index (κ2) is 4.86. The highest BCUT2D eigenvalue weighted by molar-refractivity contribution is 6.32. The summed E-state index contributed by atoms with van der Waals surface area (Å²) >= 11 is 5.86. The van der Waals surface area contributed by atoms with Crippen molar-refractivity contribution in [3.05, 3.63) is 52.3 Å². The molecule has 1 heterocycles. The minimum atomic E-state index is -4.47. The molecule has 7 heteroatoms. The van der Waals surface area contributed by atoms with Crippen molar-refractivity contribution in [1.82, 2.24) is 4.57 Å². The molecule has 0 aliphatic heterocycles. The van der Waals surface area contributed by atoms with Crippen LogP contribution in [0.25, 0.3) is 5.69 Å². The first-order valence-corrected chi connectivity index (χ1v) is 5.88. The number of hydrogen-bond donors (Lipinski definition) is 1. The van der Waals surface area contributed by atoms with E-state index in [0.29, 0.717) is 11.4 Å². The smallest absolute Gasteiger partial charge is 0.416 e. The molecule has 106 valence electrons. The van der Waals surface area contributed by atoms with Gasteiger partial charge >= 0.3 is 12.1 Å². The lowest BCUT2D eigenvalue weighted by Crippen LogP contribution is -2.06. The highest BCUT2D eigenvalue weighted by atomic mass is 35.5. The fraction of sp³-hybridized carbons (Fsp3) is 0.154. The van der Waals surface area contributed by atoms with Crippen LogP contribution in [0.3, 0.4) is 0 Å². The molecule has 0 unspecified atom stereocenters. The van der Waals surface area contributed by atoms with Gasteiger partial charge in [-0.2, -0.15) is 13.2 Å². The van der Waals surface area contributed by atoms with Crippen molar-refractivity contribution in [2.45, 2.75) is 13.1 Å². The average molecular weight is 304 g/mol. The fourth-order valence-corrected chi connectivity index (χ4v) is 2.15. The van der Waals surface area contributed by atoms with Crippen molar-refractivity contribution < 1.29 is 23.1 Å². The molecule has 2 rings (SSSR count). The summed E-state index contributed by atoms with van der Waals surface area (Å²) in [6, 6.07) is 4.30. The Hall–Kier alpha value is -1.95. The monoisotopic (exact) mass is 303 g/mol. The Kier molecular flexibility index (Phi) is 3.52. The van der Waals surface area contributed by atoms with E-state index in [2.05, 4.69) is 0 Å². The molecule has 0 atom stereocenters. The van der Waals surface area contributed by atoms with Gasteiger partial charge in [-0.25, -0.2) is 4.79 Å². The number of rotatable bonds is 2. The zero-order chi connectivity index (χ0) is 15.1. The Morgan fingerprint density at radius 1 is 1.30 bits per heavy atom. The summed E-state index contributed by atoms with van der Waals surface area (Å²) in [7, 11) is 0. The maximum absolute atomic E-state index is 12.5. The number of alkyl halides is 3. The molecule has 1 aromatic carbocycles. The van der Waals surface area contributed by atoms with Gasteiger partial charge in [0.1, 0.15) is 0 Å². The van der Waals surface area contributed by atoms with E-state index >= 15 is 0 Å². The van der Waals surface area contributed by atoms with Crippen molar-refractivity contribution in [2.75, 3.05) is 0 Å². The Morgan fingerprint density at radius 2 is 1.95 bits per heavy atom. The van der Waals surface area contributed by atoms with E-state index in [0.717, 1.165) is 12.1 Å². The Balaban J connectivity index is 2.52. The van der Waals surface area contributed by atoms with E-state index in [1.165, 1.54) is 22.9 Å². The first kappa shape index (κ1) is 14.5. The number of halogens is 4. The molecule has 1 N–H and O–H groups in total. The normalized spacial score (nSPS) is 11.7. The molecule has 0 bridgehead atoms. The molecule has 1 aromatic heterocycles. The predicted molar refractivity (Wildman–Crippen MR) is 67.5 cm³/mol. The molecule has 0 amide bonds. The lowest BCUT2D eigenvalue weighted by molar-refractivity contribution is -0.137. The van der Waals surface area contributed by atoms with Crippen molar-refractivity contribution >= 4 is 17.6 Å². The third-order valence-corrected chi connectivity index (χ3v) is 3.21. The molecule has 0 radical (unpaired) electrons. The van der Waals surface area contributed by atoms with Gasteiger partial charge in [-0.1, -0.05) is 11.6 Å². The van der Waals surface area contributed by atoms with Crippen molar-refractivity contribution in [2.24, 2.45) is 0 Å². The Labute approximate surface area is 117 Å². The van der Waals surface area contributed by atoms with Crippen LogP contribution < -0.4 is 0 Å². The van der Waals surface area contributed by atoms with Crippen molar-refractivity contribution in [3.63, 3.8) is 0 Å². The second-order valence-electron chi connectivity index (χ2n) is 4.15. The van der Waals surface area contributed by atoms with Crippen LogP contribution in [0.4, 0.5) is 13.2 Å². The quantitative estimate of drug-likeness (QED) is 0.905. The van der Waals surface area contributed by atoms with Crippen LogP contribution >= 0.6 is 11.6 Å². The van der Waals surface area contributed by atoms with Crippen molar-refractivity contribution in [3.8, 4) is 5.69 Å². The summed E-state index contributed by atoms with van der Waals surface area (Å²) in [5.41, 5.74) is -0.0979. The third-order valence-electron chi connectivity index (χ3n) is 2.91. The van der Waals surface area contributed by atoms with Gasteiger partial charge in [-0.3, -0.25) is 0 Å². The predicted octanol–water partition coefficient (Wildman–Crippen LogP) is 4.16. The number of benzene rings is 1. The molecule has 2 aromatic rings. The zero-order valence-electron chi connectivity index (χ0n) is 10.2.